The van der Waals surface area contributed by atoms with Crippen LogP contribution in [0.2, 0.25) is 0 Å². The van der Waals surface area contributed by atoms with Gasteiger partial charge in [-0.25, -0.2) is 8.42 Å². The lowest BCUT2D eigenvalue weighted by Crippen LogP contribution is -2.35. The fourth-order valence-electron chi connectivity index (χ4n) is 3.41. The highest BCUT2D eigenvalue weighted by Crippen LogP contribution is 2.20. The maximum absolute atomic E-state index is 12.6. The maximum atomic E-state index is 12.6. The molecule has 2 aromatic rings. The van der Waals surface area contributed by atoms with Crippen LogP contribution in [0.15, 0.2) is 52.0 Å². The Morgan fingerprint density at radius 3 is 2.38 bits per heavy atom. The van der Waals surface area contributed by atoms with Gasteiger partial charge in [-0.05, 0) is 31.0 Å². The van der Waals surface area contributed by atoms with Crippen molar-refractivity contribution in [3.63, 3.8) is 0 Å². The summed E-state index contributed by atoms with van der Waals surface area (Å²) in [5.74, 6) is -0.856. The lowest BCUT2D eigenvalue weighted by atomic mass is 10.2. The van der Waals surface area contributed by atoms with Crippen molar-refractivity contribution in [3.8, 4) is 0 Å². The van der Waals surface area contributed by atoms with Crippen LogP contribution in [0.5, 0.6) is 0 Å². The van der Waals surface area contributed by atoms with Gasteiger partial charge in [0.2, 0.25) is 5.91 Å². The molecule has 7 nitrogen and oxygen atoms in total. The molecule has 2 amide bonds. The van der Waals surface area contributed by atoms with Crippen LogP contribution in [0.3, 0.4) is 0 Å². The zero-order chi connectivity index (χ0) is 20.7. The molecule has 0 bridgehead atoms. The first-order valence-electron chi connectivity index (χ1n) is 9.87. The highest BCUT2D eigenvalue weighted by atomic mass is 32.2. The third-order valence-corrected chi connectivity index (χ3v) is 6.67. The van der Waals surface area contributed by atoms with E-state index in [9.17, 15) is 18.0 Å². The Morgan fingerprint density at radius 2 is 1.69 bits per heavy atom. The van der Waals surface area contributed by atoms with Crippen molar-refractivity contribution in [2.45, 2.75) is 42.8 Å². The fourth-order valence-corrected chi connectivity index (χ4v) is 4.78. The monoisotopic (exact) mass is 418 g/mol. The summed E-state index contributed by atoms with van der Waals surface area (Å²) in [5.41, 5.74) is 0.296. The van der Waals surface area contributed by atoms with E-state index in [0.29, 0.717) is 5.56 Å². The average molecular weight is 419 g/mol. The number of carbonyl (C=O) groups is 2. The Kier molecular flexibility index (Phi) is 7.09. The number of hydrogen-bond donors (Lipinski definition) is 1. The van der Waals surface area contributed by atoms with Crippen molar-refractivity contribution in [1.82, 2.24) is 10.2 Å². The molecule has 3 rings (SSSR count). The van der Waals surface area contributed by atoms with Gasteiger partial charge in [0.25, 0.3) is 5.91 Å². The highest BCUT2D eigenvalue weighted by Gasteiger charge is 2.23. The lowest BCUT2D eigenvalue weighted by molar-refractivity contribution is -0.131. The highest BCUT2D eigenvalue weighted by molar-refractivity contribution is 7.90. The molecule has 1 saturated heterocycles. The first kappa shape index (κ1) is 21.1. The van der Waals surface area contributed by atoms with Crippen LogP contribution in [-0.4, -0.2) is 44.8 Å². The van der Waals surface area contributed by atoms with E-state index in [4.69, 9.17) is 4.42 Å². The van der Waals surface area contributed by atoms with Crippen molar-refractivity contribution < 1.29 is 22.4 Å². The molecule has 0 radical (unpaired) electrons. The molecule has 1 aliphatic heterocycles. The molecule has 156 valence electrons. The minimum atomic E-state index is -3.59. The molecule has 0 spiro atoms. The van der Waals surface area contributed by atoms with Gasteiger partial charge < -0.3 is 14.6 Å². The Bertz CT molecular complexity index is 929. The summed E-state index contributed by atoms with van der Waals surface area (Å²) >= 11 is 0. The molecule has 1 N–H and O–H groups in total. The van der Waals surface area contributed by atoms with Crippen molar-refractivity contribution >= 4 is 21.7 Å². The third kappa shape index (κ3) is 5.69. The van der Waals surface area contributed by atoms with Gasteiger partial charge in [0.05, 0.1) is 16.9 Å². The zero-order valence-corrected chi connectivity index (χ0v) is 17.1. The molecule has 29 heavy (non-hydrogen) atoms. The summed E-state index contributed by atoms with van der Waals surface area (Å²) in [7, 11) is -3.59. The molecular weight excluding hydrogens is 392 g/mol. The number of furan rings is 1. The topological polar surface area (TPSA) is 96.7 Å². The summed E-state index contributed by atoms with van der Waals surface area (Å²) in [6.07, 6.45) is 5.84. The Balaban J connectivity index is 1.56. The number of carbonyl (C=O) groups excluding carboxylic acids is 2. The van der Waals surface area contributed by atoms with Gasteiger partial charge in [0.1, 0.15) is 0 Å². The molecule has 2 heterocycles. The number of amides is 2. The Hall–Kier alpha value is -2.61. The van der Waals surface area contributed by atoms with Crippen molar-refractivity contribution in [2.24, 2.45) is 0 Å². The van der Waals surface area contributed by atoms with E-state index in [-0.39, 0.29) is 35.3 Å². The SMILES string of the molecule is O=C(NCCC(=O)N1CCCCCC1)c1occc1CS(=O)(=O)c1ccccc1. The quantitative estimate of drug-likeness (QED) is 0.746. The summed E-state index contributed by atoms with van der Waals surface area (Å²) in [6, 6.07) is 9.56. The van der Waals surface area contributed by atoms with Crippen LogP contribution < -0.4 is 5.32 Å². The smallest absolute Gasteiger partial charge is 0.287 e. The van der Waals surface area contributed by atoms with E-state index in [1.807, 2.05) is 4.90 Å². The van der Waals surface area contributed by atoms with Crippen molar-refractivity contribution in [2.75, 3.05) is 19.6 Å². The second-order valence-electron chi connectivity index (χ2n) is 7.15. The molecule has 8 heteroatoms. The summed E-state index contributed by atoms with van der Waals surface area (Å²) in [4.78, 5) is 26.8. The number of nitrogens with zero attached hydrogens (tertiary/aromatic N) is 1. The van der Waals surface area contributed by atoms with Crippen LogP contribution in [0.25, 0.3) is 0 Å². The minimum Gasteiger partial charge on any atom is -0.459 e. The predicted molar refractivity (Wildman–Crippen MR) is 108 cm³/mol. The van der Waals surface area contributed by atoms with E-state index >= 15 is 0 Å². The molecule has 0 saturated carbocycles. The molecule has 1 aromatic carbocycles. The Morgan fingerprint density at radius 1 is 1.00 bits per heavy atom. The van der Waals surface area contributed by atoms with E-state index < -0.39 is 15.7 Å². The number of sulfone groups is 1. The molecular formula is C21H26N2O5S. The lowest BCUT2D eigenvalue weighted by Gasteiger charge is -2.20. The van der Waals surface area contributed by atoms with Gasteiger partial charge >= 0.3 is 0 Å². The van der Waals surface area contributed by atoms with Gasteiger partial charge in [-0.15, -0.1) is 0 Å². The summed E-state index contributed by atoms with van der Waals surface area (Å²) < 4.78 is 30.3. The molecule has 1 aliphatic rings. The van der Waals surface area contributed by atoms with Gasteiger partial charge in [-0.3, -0.25) is 9.59 Å². The van der Waals surface area contributed by atoms with Crippen LogP contribution in [-0.2, 0) is 20.4 Å². The van der Waals surface area contributed by atoms with Crippen LogP contribution in [0.4, 0.5) is 0 Å². The predicted octanol–water partition coefficient (Wildman–Crippen LogP) is 2.78. The van der Waals surface area contributed by atoms with E-state index in [2.05, 4.69) is 5.32 Å². The molecule has 1 fully saturated rings. The summed E-state index contributed by atoms with van der Waals surface area (Å²) in [6.45, 7) is 1.72. The normalized spacial score (nSPS) is 15.0. The van der Waals surface area contributed by atoms with Crippen molar-refractivity contribution in [3.05, 3.63) is 54.0 Å². The Labute approximate surface area is 171 Å². The number of rotatable bonds is 7. The maximum Gasteiger partial charge on any atom is 0.287 e. The number of likely N-dealkylation sites (tertiary alicyclic amines) is 1. The van der Waals surface area contributed by atoms with Crippen LogP contribution >= 0.6 is 0 Å². The fraction of sp³-hybridized carbons (Fsp3) is 0.429. The van der Waals surface area contributed by atoms with Crippen LogP contribution in [0, 0.1) is 0 Å². The number of benzene rings is 1. The van der Waals surface area contributed by atoms with E-state index in [0.717, 1.165) is 38.8 Å². The molecule has 0 unspecified atom stereocenters. The zero-order valence-electron chi connectivity index (χ0n) is 16.3. The number of nitrogens with one attached hydrogen (secondary N) is 1. The second kappa shape index (κ2) is 9.73. The first-order valence-corrected chi connectivity index (χ1v) is 11.5. The second-order valence-corrected chi connectivity index (χ2v) is 9.14. The van der Waals surface area contributed by atoms with Crippen molar-refractivity contribution in [1.29, 1.82) is 0 Å². The average Bonchev–Trinajstić information content (AvgIpc) is 2.99. The van der Waals surface area contributed by atoms with Gasteiger partial charge in [0.15, 0.2) is 15.6 Å². The van der Waals surface area contributed by atoms with Gasteiger partial charge in [-0.1, -0.05) is 31.0 Å². The number of hydrogen-bond acceptors (Lipinski definition) is 5. The minimum absolute atomic E-state index is 0.0264. The first-order chi connectivity index (χ1) is 14.0. The molecule has 0 aliphatic carbocycles. The van der Waals surface area contributed by atoms with Gasteiger partial charge in [-0.2, -0.15) is 0 Å². The largest absolute Gasteiger partial charge is 0.459 e. The van der Waals surface area contributed by atoms with Gasteiger partial charge in [0, 0.05) is 31.6 Å². The van der Waals surface area contributed by atoms with E-state index in [1.54, 1.807) is 18.2 Å². The summed E-state index contributed by atoms with van der Waals surface area (Å²) in [5, 5.41) is 2.66. The molecule has 1 aromatic heterocycles. The van der Waals surface area contributed by atoms with E-state index in [1.165, 1.54) is 24.5 Å². The van der Waals surface area contributed by atoms with Crippen LogP contribution in [0.1, 0.15) is 48.2 Å². The standard InChI is InChI=1S/C21H26N2O5S/c24-19(23-13-6-1-2-7-14-23)10-12-22-21(25)20-17(11-15-28-20)16-29(26,27)18-8-4-3-5-9-18/h3-5,8-9,11,15H,1-2,6-7,10,12-14,16H2,(H,22,25). The third-order valence-electron chi connectivity index (χ3n) is 4.98. The molecule has 0 atom stereocenters.